The molecule has 21 nitrogen and oxygen atoms in total. The van der Waals surface area contributed by atoms with Gasteiger partial charge in [-0.25, -0.2) is 63.0 Å². The Kier molecular flexibility index (Phi) is 24.9. The number of nitrogens with zero attached hydrogens (tertiary/aromatic N) is 19. The molecule has 0 aliphatic rings. The normalized spacial score (nSPS) is 11.4. The fraction of sp³-hybridized carbons (Fsp3) is 0.373. The average Bonchev–Trinajstić information content (AvgIpc) is 1.69. The Morgan fingerprint density at radius 1 is 0.396 bits per heavy atom. The van der Waals surface area contributed by atoms with Gasteiger partial charge in [-0.1, -0.05) is 190 Å². The van der Waals surface area contributed by atoms with E-state index in [9.17, 15) is 0 Å². The highest BCUT2D eigenvalue weighted by molar-refractivity contribution is 5.46. The quantitative estimate of drug-likeness (QED) is 0.118. The molecule has 12 rings (SSSR count). The number of aromatic nitrogens is 19. The van der Waals surface area contributed by atoms with E-state index in [0.717, 1.165) is 87.4 Å². The second-order valence-electron chi connectivity index (χ2n) is 27.8. The van der Waals surface area contributed by atoms with Crippen LogP contribution in [0.25, 0.3) is 28.6 Å². The van der Waals surface area contributed by atoms with Crippen LogP contribution in [0.1, 0.15) is 180 Å². The van der Waals surface area contributed by atoms with Crippen molar-refractivity contribution in [2.24, 2.45) is 0 Å². The summed E-state index contributed by atoms with van der Waals surface area (Å²) in [5.41, 5.74) is 7.63. The lowest BCUT2D eigenvalue weighted by atomic mass is 9.96. The van der Waals surface area contributed by atoms with Crippen LogP contribution in [0.15, 0.2) is 183 Å². The van der Waals surface area contributed by atoms with Crippen LogP contribution in [0.4, 0.5) is 0 Å². The van der Waals surface area contributed by atoms with E-state index in [2.05, 4.69) is 233 Å². The SMILES string of the molecule is CC(C)(C)c1ncn(-c2ccccn2)n1.CC(C)(C)c1ncn(Cc2ccccc2)n1.COc1cccc(-n2cnc(C(C)C)n2)c1.COc1ccccc1-n1cnc(C(C)(C)C)n1.Cc1cccc(-n2cnc(C(C)C)n2)c1.Cc1cccc(-n2nc(C(C)(C)C)nc2C)c1. The predicted octanol–water partition coefficient (Wildman–Crippen LogP) is 15.4. The summed E-state index contributed by atoms with van der Waals surface area (Å²) in [5, 5.41) is 26.8. The van der Waals surface area contributed by atoms with E-state index in [1.54, 1.807) is 66.1 Å². The summed E-state index contributed by atoms with van der Waals surface area (Å²) in [4.78, 5) is 30.2. The van der Waals surface area contributed by atoms with Crippen LogP contribution in [0.3, 0.4) is 0 Å². The van der Waals surface area contributed by atoms with Gasteiger partial charge >= 0.3 is 0 Å². The third-order valence-corrected chi connectivity index (χ3v) is 14.3. The molecule has 0 aliphatic carbocycles. The van der Waals surface area contributed by atoms with Gasteiger partial charge in [0.1, 0.15) is 54.6 Å². The fourth-order valence-corrected chi connectivity index (χ4v) is 8.80. The molecule has 0 fully saturated rings. The van der Waals surface area contributed by atoms with Crippen LogP contribution in [0.2, 0.25) is 0 Å². The van der Waals surface area contributed by atoms with Gasteiger partial charge in [0.15, 0.2) is 40.8 Å². The molecule has 504 valence electrons. The first-order valence-electron chi connectivity index (χ1n) is 32.3. The summed E-state index contributed by atoms with van der Waals surface area (Å²) in [6.45, 7) is 40.5. The summed E-state index contributed by atoms with van der Waals surface area (Å²) in [7, 11) is 3.31. The Morgan fingerprint density at radius 2 is 0.875 bits per heavy atom. The number of ether oxygens (including phenoxy) is 2. The molecule has 0 radical (unpaired) electrons. The molecule has 0 aliphatic heterocycles. The zero-order valence-electron chi connectivity index (χ0n) is 60.0. The molecular weight excluding hydrogens is 1200 g/mol. The maximum atomic E-state index is 5.31. The van der Waals surface area contributed by atoms with Crippen molar-refractivity contribution >= 4 is 0 Å². The minimum atomic E-state index is -0.0483. The molecule has 7 heterocycles. The molecule has 96 heavy (non-hydrogen) atoms. The number of pyridine rings is 1. The van der Waals surface area contributed by atoms with E-state index in [4.69, 9.17) is 9.47 Å². The topological polar surface area (TPSA) is 216 Å². The molecule has 0 saturated carbocycles. The van der Waals surface area contributed by atoms with Crippen LogP contribution in [0, 0.1) is 20.8 Å². The van der Waals surface area contributed by atoms with Crippen LogP contribution in [-0.4, -0.2) is 108 Å². The maximum Gasteiger partial charge on any atom is 0.156 e. The van der Waals surface area contributed by atoms with Gasteiger partial charge in [-0.15, -0.1) is 5.10 Å². The van der Waals surface area contributed by atoms with Crippen molar-refractivity contribution in [3.63, 3.8) is 0 Å². The summed E-state index contributed by atoms with van der Waals surface area (Å²) >= 11 is 0. The summed E-state index contributed by atoms with van der Waals surface area (Å²) < 4.78 is 21.3. The fourth-order valence-electron chi connectivity index (χ4n) is 8.80. The van der Waals surface area contributed by atoms with Crippen LogP contribution < -0.4 is 9.47 Å². The number of methoxy groups -OCH3 is 2. The standard InChI is InChI=1S/C14H19N3.C13H17N3O.C13H17N3.C12H15N3O.C12H15N3.C11H14N4/c1-10-7-6-8-12(9-10)17-11(2)15-13(16-17)14(3,4)5;1-13(2,3)12-14-9-16(15-12)10-7-5-6-8-11(10)17-4;1-13(2,3)12-14-10-16(15-12)9-11-7-5-4-6-8-11;1-9(2)12-13-8-15(14-12)10-5-4-6-11(7-10)16-3;1-9(2)12-13-8-15(14-12)11-6-4-5-10(3)7-11;1-11(2,3)10-13-8-15(14-10)9-6-4-5-7-12-9/h6-9H,1-5H3;5-9H,1-4H3;4-8,10H,9H2,1-3H3;4-9H,1-3H3;4-9H,1-3H3;4-8H,1-3H3. The lowest BCUT2D eigenvalue weighted by molar-refractivity contribution is 0.411. The monoisotopic (exact) mass is 1300 g/mol. The lowest BCUT2D eigenvalue weighted by Gasteiger charge is -2.12. The van der Waals surface area contributed by atoms with Gasteiger partial charge in [-0.05, 0) is 98.1 Å². The molecule has 0 amide bonds. The smallest absolute Gasteiger partial charge is 0.156 e. The summed E-state index contributed by atoms with van der Waals surface area (Å²) in [6, 6.07) is 48.0. The number of aryl methyl sites for hydroxylation is 3. The molecule has 0 unspecified atom stereocenters. The molecule has 21 heteroatoms. The van der Waals surface area contributed by atoms with Crippen molar-refractivity contribution in [1.29, 1.82) is 0 Å². The first kappa shape index (κ1) is 73.1. The Morgan fingerprint density at radius 3 is 1.36 bits per heavy atom. The van der Waals surface area contributed by atoms with Gasteiger partial charge in [0.05, 0.1) is 37.8 Å². The van der Waals surface area contributed by atoms with E-state index >= 15 is 0 Å². The third-order valence-electron chi connectivity index (χ3n) is 14.3. The third kappa shape index (κ3) is 21.4. The highest BCUT2D eigenvalue weighted by Gasteiger charge is 2.23. The zero-order chi connectivity index (χ0) is 70.0. The van der Waals surface area contributed by atoms with E-state index in [-0.39, 0.29) is 21.7 Å². The minimum Gasteiger partial charge on any atom is -0.497 e. The van der Waals surface area contributed by atoms with Crippen molar-refractivity contribution in [3.05, 3.63) is 241 Å². The summed E-state index contributed by atoms with van der Waals surface area (Å²) in [6.07, 6.45) is 10.5. The van der Waals surface area contributed by atoms with E-state index < -0.39 is 0 Å². The van der Waals surface area contributed by atoms with Gasteiger partial charge in [-0.2, -0.15) is 25.5 Å². The second-order valence-corrected chi connectivity index (χ2v) is 27.8. The van der Waals surface area contributed by atoms with Gasteiger partial charge in [0.2, 0.25) is 0 Å². The van der Waals surface area contributed by atoms with Gasteiger partial charge in [0, 0.05) is 45.8 Å². The van der Waals surface area contributed by atoms with Crippen LogP contribution >= 0.6 is 0 Å². The van der Waals surface area contributed by atoms with Gasteiger partial charge in [-0.3, -0.25) is 0 Å². The Labute approximate surface area is 567 Å². The van der Waals surface area contributed by atoms with Crippen molar-refractivity contribution in [1.82, 2.24) is 93.6 Å². The number of benzene rings is 5. The Balaban J connectivity index is 0.000000163. The Hall–Kier alpha value is -10.3. The molecule has 5 aromatic carbocycles. The maximum absolute atomic E-state index is 5.31. The molecule has 0 spiro atoms. The molecule has 0 N–H and O–H groups in total. The molecule has 0 atom stereocenters. The largest absolute Gasteiger partial charge is 0.497 e. The average molecular weight is 1300 g/mol. The first-order chi connectivity index (χ1) is 45.4. The Bertz CT molecular complexity index is 4290. The van der Waals surface area contributed by atoms with E-state index in [1.807, 2.05) is 124 Å². The molecular formula is C75H97N19O2. The van der Waals surface area contributed by atoms with Crippen molar-refractivity contribution in [2.45, 2.75) is 172 Å². The van der Waals surface area contributed by atoms with E-state index in [1.165, 1.54) is 16.7 Å². The lowest BCUT2D eigenvalue weighted by Crippen LogP contribution is -2.14. The number of hydrogen-bond acceptors (Lipinski definition) is 15. The van der Waals surface area contributed by atoms with Crippen molar-refractivity contribution in [2.75, 3.05) is 14.2 Å². The predicted molar refractivity (Wildman–Crippen MR) is 380 cm³/mol. The first-order valence-corrected chi connectivity index (χ1v) is 32.3. The van der Waals surface area contributed by atoms with E-state index in [0.29, 0.717) is 11.8 Å². The number of para-hydroxylation sites is 2. The van der Waals surface area contributed by atoms with Gasteiger partial charge < -0.3 is 9.47 Å². The number of hydrogen-bond donors (Lipinski definition) is 0. The molecule has 0 bridgehead atoms. The molecule has 7 aromatic heterocycles. The molecule has 12 aromatic rings. The second kappa shape index (κ2) is 32.7. The molecule has 0 saturated heterocycles. The summed E-state index contributed by atoms with van der Waals surface area (Å²) in [5.74, 6) is 9.21. The highest BCUT2D eigenvalue weighted by atomic mass is 16.5. The van der Waals surface area contributed by atoms with Gasteiger partial charge in [0.25, 0.3) is 0 Å². The van der Waals surface area contributed by atoms with Crippen molar-refractivity contribution in [3.8, 4) is 40.1 Å². The number of rotatable bonds is 11. The van der Waals surface area contributed by atoms with Crippen LogP contribution in [-0.2, 0) is 28.2 Å². The zero-order valence-corrected chi connectivity index (χ0v) is 60.0. The highest BCUT2D eigenvalue weighted by Crippen LogP contribution is 2.26. The minimum absolute atomic E-state index is 0.0141. The van der Waals surface area contributed by atoms with Crippen LogP contribution in [0.5, 0.6) is 11.5 Å². The van der Waals surface area contributed by atoms with Crippen molar-refractivity contribution < 1.29 is 9.47 Å².